The van der Waals surface area contributed by atoms with Gasteiger partial charge >= 0.3 is 6.18 Å². The van der Waals surface area contributed by atoms with Crippen LogP contribution in [-0.2, 0) is 12.6 Å². The Morgan fingerprint density at radius 1 is 1.00 bits per heavy atom. The summed E-state index contributed by atoms with van der Waals surface area (Å²) in [5.41, 5.74) is 3.81. The number of hydrazine groups is 1. The number of halogens is 4. The smallest absolute Gasteiger partial charge is 0.271 e. The number of hydrogen-bond acceptors (Lipinski definition) is 2. The average molecular weight is 359 g/mol. The molecule has 0 aliphatic heterocycles. The summed E-state index contributed by atoms with van der Waals surface area (Å²) in [5.74, 6) is 5.55. The van der Waals surface area contributed by atoms with Crippen molar-refractivity contribution in [3.8, 4) is 0 Å². The lowest BCUT2D eigenvalue weighted by Crippen LogP contribution is -2.29. The van der Waals surface area contributed by atoms with E-state index in [1.54, 1.807) is 0 Å². The van der Waals surface area contributed by atoms with E-state index >= 15 is 0 Å². The zero-order valence-corrected chi connectivity index (χ0v) is 12.6. The second-order valence-electron chi connectivity index (χ2n) is 4.67. The van der Waals surface area contributed by atoms with Crippen molar-refractivity contribution in [2.24, 2.45) is 5.84 Å². The van der Waals surface area contributed by atoms with Crippen molar-refractivity contribution in [3.63, 3.8) is 0 Å². The molecule has 0 saturated carbocycles. The fraction of sp³-hybridized carbons (Fsp3) is 0.200. The number of alkyl halides is 3. The van der Waals surface area contributed by atoms with Crippen LogP contribution in [0.2, 0.25) is 0 Å². The molecule has 0 bridgehead atoms. The second kappa shape index (κ2) is 6.60. The van der Waals surface area contributed by atoms with E-state index in [9.17, 15) is 13.2 Å². The molecule has 112 valence electrons. The second-order valence-corrected chi connectivity index (χ2v) is 5.59. The highest BCUT2D eigenvalue weighted by molar-refractivity contribution is 9.10. The van der Waals surface area contributed by atoms with Crippen molar-refractivity contribution in [1.29, 1.82) is 0 Å². The Labute approximate surface area is 129 Å². The first kappa shape index (κ1) is 16.0. The van der Waals surface area contributed by atoms with Crippen molar-refractivity contribution >= 4 is 15.9 Å². The molecule has 0 saturated heterocycles. The minimum absolute atomic E-state index is 0.158. The first-order valence-electron chi connectivity index (χ1n) is 6.28. The molecule has 2 nitrogen and oxygen atoms in total. The summed E-state index contributed by atoms with van der Waals surface area (Å²) in [6.45, 7) is 0. The van der Waals surface area contributed by atoms with Crippen LogP contribution in [0.3, 0.4) is 0 Å². The van der Waals surface area contributed by atoms with Crippen LogP contribution >= 0.6 is 15.9 Å². The van der Waals surface area contributed by atoms with Gasteiger partial charge in [-0.15, -0.1) is 0 Å². The van der Waals surface area contributed by atoms with Crippen LogP contribution in [0.25, 0.3) is 0 Å². The molecule has 1 atom stereocenters. The normalized spacial score (nSPS) is 13.2. The van der Waals surface area contributed by atoms with Gasteiger partial charge in [0.2, 0.25) is 0 Å². The van der Waals surface area contributed by atoms with Gasteiger partial charge in [-0.3, -0.25) is 11.3 Å². The summed E-state index contributed by atoms with van der Waals surface area (Å²) in [6.07, 6.45) is -3.80. The number of benzene rings is 2. The lowest BCUT2D eigenvalue weighted by atomic mass is 9.98. The highest BCUT2D eigenvalue weighted by Gasteiger charge is 2.30. The van der Waals surface area contributed by atoms with E-state index < -0.39 is 11.7 Å². The van der Waals surface area contributed by atoms with E-state index in [0.29, 0.717) is 6.42 Å². The van der Waals surface area contributed by atoms with Gasteiger partial charge in [-0.25, -0.2) is 0 Å². The van der Waals surface area contributed by atoms with Gasteiger partial charge in [-0.05, 0) is 41.8 Å². The van der Waals surface area contributed by atoms with Crippen LogP contribution in [-0.4, -0.2) is 0 Å². The molecule has 0 aromatic heterocycles. The molecular weight excluding hydrogens is 345 g/mol. The first-order valence-corrected chi connectivity index (χ1v) is 7.07. The molecule has 2 rings (SSSR count). The average Bonchev–Trinajstić information content (AvgIpc) is 2.45. The molecule has 2 aromatic carbocycles. The maximum Gasteiger partial charge on any atom is 0.416 e. The highest BCUT2D eigenvalue weighted by atomic mass is 79.9. The van der Waals surface area contributed by atoms with Crippen LogP contribution in [0.4, 0.5) is 13.2 Å². The molecule has 0 amide bonds. The number of nitrogens with one attached hydrogen (secondary N) is 1. The summed E-state index contributed by atoms with van der Waals surface area (Å²) in [4.78, 5) is 0. The van der Waals surface area contributed by atoms with Gasteiger partial charge in [-0.1, -0.05) is 40.2 Å². The molecule has 21 heavy (non-hydrogen) atoms. The summed E-state index contributed by atoms with van der Waals surface area (Å²) < 4.78 is 38.5. The SMILES string of the molecule is NNC(Cc1ccc(C(F)(F)F)cc1)c1ccc(Br)cc1. The Morgan fingerprint density at radius 3 is 2.05 bits per heavy atom. The van der Waals surface area contributed by atoms with Gasteiger partial charge in [-0.2, -0.15) is 13.2 Å². The standard InChI is InChI=1S/C15H14BrF3N2/c16-13-7-3-11(4-8-13)14(21-20)9-10-1-5-12(6-2-10)15(17,18)19/h1-8,14,21H,9,20H2. The van der Waals surface area contributed by atoms with Crippen LogP contribution in [0.15, 0.2) is 53.0 Å². The van der Waals surface area contributed by atoms with Crippen molar-refractivity contribution < 1.29 is 13.2 Å². The van der Waals surface area contributed by atoms with Crippen LogP contribution in [0, 0.1) is 0 Å². The highest BCUT2D eigenvalue weighted by Crippen LogP contribution is 2.29. The Hall–Kier alpha value is -1.37. The zero-order chi connectivity index (χ0) is 15.5. The molecule has 0 heterocycles. The first-order chi connectivity index (χ1) is 9.90. The lowest BCUT2D eigenvalue weighted by molar-refractivity contribution is -0.137. The fourth-order valence-corrected chi connectivity index (χ4v) is 2.30. The van der Waals surface area contributed by atoms with Crippen LogP contribution < -0.4 is 11.3 Å². The van der Waals surface area contributed by atoms with E-state index in [4.69, 9.17) is 5.84 Å². The molecule has 1 unspecified atom stereocenters. The zero-order valence-electron chi connectivity index (χ0n) is 11.0. The molecule has 6 heteroatoms. The summed E-state index contributed by atoms with van der Waals surface area (Å²) in [7, 11) is 0. The third kappa shape index (κ3) is 4.30. The van der Waals surface area contributed by atoms with E-state index in [1.165, 1.54) is 12.1 Å². The minimum atomic E-state index is -4.31. The van der Waals surface area contributed by atoms with E-state index in [1.807, 2.05) is 24.3 Å². The van der Waals surface area contributed by atoms with E-state index in [2.05, 4.69) is 21.4 Å². The molecular formula is C15H14BrF3N2. The molecule has 0 aliphatic carbocycles. The third-order valence-electron chi connectivity index (χ3n) is 3.19. The molecule has 0 spiro atoms. The molecule has 0 aliphatic rings. The van der Waals surface area contributed by atoms with Crippen molar-refractivity contribution in [2.45, 2.75) is 18.6 Å². The Balaban J connectivity index is 2.13. The summed E-state index contributed by atoms with van der Waals surface area (Å²) in [6, 6.07) is 12.6. The minimum Gasteiger partial charge on any atom is -0.271 e. The van der Waals surface area contributed by atoms with E-state index in [0.717, 1.165) is 27.7 Å². The maximum absolute atomic E-state index is 12.5. The molecule has 3 N–H and O–H groups in total. The maximum atomic E-state index is 12.5. The van der Waals surface area contributed by atoms with Gasteiger partial charge in [0, 0.05) is 10.5 Å². The summed E-state index contributed by atoms with van der Waals surface area (Å²) >= 11 is 3.35. The Bertz CT molecular complexity index is 579. The van der Waals surface area contributed by atoms with Gasteiger partial charge in [0.1, 0.15) is 0 Å². The van der Waals surface area contributed by atoms with Crippen molar-refractivity contribution in [1.82, 2.24) is 5.43 Å². The monoisotopic (exact) mass is 358 g/mol. The molecule has 2 aromatic rings. The number of rotatable bonds is 4. The fourth-order valence-electron chi connectivity index (χ4n) is 2.03. The quantitative estimate of drug-likeness (QED) is 0.634. The van der Waals surface area contributed by atoms with Gasteiger partial charge in [0.05, 0.1) is 5.56 Å². The number of hydrogen-bond donors (Lipinski definition) is 2. The predicted octanol–water partition coefficient (Wildman–Crippen LogP) is 4.22. The van der Waals surface area contributed by atoms with Gasteiger partial charge in [0.15, 0.2) is 0 Å². The van der Waals surface area contributed by atoms with Crippen molar-refractivity contribution in [3.05, 3.63) is 69.7 Å². The Kier molecular flexibility index (Phi) is 5.03. The van der Waals surface area contributed by atoms with Crippen LogP contribution in [0.5, 0.6) is 0 Å². The van der Waals surface area contributed by atoms with Gasteiger partial charge in [0.25, 0.3) is 0 Å². The third-order valence-corrected chi connectivity index (χ3v) is 3.72. The largest absolute Gasteiger partial charge is 0.416 e. The van der Waals surface area contributed by atoms with Crippen LogP contribution in [0.1, 0.15) is 22.7 Å². The topological polar surface area (TPSA) is 38.0 Å². The number of nitrogens with two attached hydrogens (primary N) is 1. The molecule has 0 radical (unpaired) electrons. The molecule has 0 fully saturated rings. The Morgan fingerprint density at radius 2 is 1.57 bits per heavy atom. The predicted molar refractivity (Wildman–Crippen MR) is 79.4 cm³/mol. The lowest BCUT2D eigenvalue weighted by Gasteiger charge is -2.17. The summed E-state index contributed by atoms with van der Waals surface area (Å²) in [5, 5.41) is 0. The van der Waals surface area contributed by atoms with Gasteiger partial charge < -0.3 is 0 Å². The van der Waals surface area contributed by atoms with Crippen molar-refractivity contribution in [2.75, 3.05) is 0 Å². The van der Waals surface area contributed by atoms with E-state index in [-0.39, 0.29) is 6.04 Å².